The number of carbonyl (C=O) groups is 4. The maximum Gasteiger partial charge on any atom is 0.337 e. The summed E-state index contributed by atoms with van der Waals surface area (Å²) < 4.78 is 9.58. The first-order valence-electron chi connectivity index (χ1n) is 10.5. The smallest absolute Gasteiger partial charge is 0.337 e. The molecule has 2 aromatic rings. The van der Waals surface area contributed by atoms with Gasteiger partial charge >= 0.3 is 11.9 Å². The first kappa shape index (κ1) is 22.3. The lowest BCUT2D eigenvalue weighted by atomic mass is 9.91. The fourth-order valence-corrected chi connectivity index (χ4v) is 4.10. The van der Waals surface area contributed by atoms with Crippen molar-refractivity contribution in [1.82, 2.24) is 0 Å². The lowest BCUT2D eigenvalue weighted by Gasteiger charge is -2.28. The highest BCUT2D eigenvalue weighted by molar-refractivity contribution is 6.17. The molecule has 1 heterocycles. The van der Waals surface area contributed by atoms with Crippen LogP contribution in [-0.2, 0) is 19.1 Å². The minimum Gasteiger partial charge on any atom is -0.503 e. The van der Waals surface area contributed by atoms with Crippen molar-refractivity contribution in [2.75, 3.05) is 19.1 Å². The van der Waals surface area contributed by atoms with E-state index in [1.165, 1.54) is 37.3 Å². The normalized spacial score (nSPS) is 17.8. The molecule has 1 amide bonds. The molecule has 1 aliphatic carbocycles. The summed E-state index contributed by atoms with van der Waals surface area (Å²) in [5.41, 5.74) is 1.69. The third kappa shape index (κ3) is 3.88. The van der Waals surface area contributed by atoms with Gasteiger partial charge in [-0.3, -0.25) is 14.5 Å². The van der Waals surface area contributed by atoms with Gasteiger partial charge in [0.15, 0.2) is 11.5 Å². The van der Waals surface area contributed by atoms with Crippen LogP contribution in [0, 0.1) is 12.8 Å². The zero-order valence-corrected chi connectivity index (χ0v) is 18.5. The van der Waals surface area contributed by atoms with Crippen LogP contribution in [-0.4, -0.2) is 43.0 Å². The summed E-state index contributed by atoms with van der Waals surface area (Å²) in [4.78, 5) is 52.2. The van der Waals surface area contributed by atoms with Gasteiger partial charge in [0.05, 0.1) is 37.0 Å². The molecule has 0 saturated heterocycles. The van der Waals surface area contributed by atoms with Gasteiger partial charge in [0.2, 0.25) is 0 Å². The first-order valence-corrected chi connectivity index (χ1v) is 10.5. The molecular formula is C25H23NO7. The number of benzene rings is 2. The van der Waals surface area contributed by atoms with Crippen LogP contribution < -0.4 is 4.90 Å². The van der Waals surface area contributed by atoms with Gasteiger partial charge in [0.25, 0.3) is 5.91 Å². The summed E-state index contributed by atoms with van der Waals surface area (Å²) in [5, 5.41) is 10.8. The van der Waals surface area contributed by atoms with Crippen molar-refractivity contribution in [3.05, 3.63) is 76.1 Å². The Bertz CT molecular complexity index is 1170. The molecule has 8 nitrogen and oxygen atoms in total. The van der Waals surface area contributed by atoms with Gasteiger partial charge in [-0.2, -0.15) is 0 Å². The Morgan fingerprint density at radius 1 is 0.970 bits per heavy atom. The Kier molecular flexibility index (Phi) is 5.76. The number of carbonyl (C=O) groups excluding carboxylic acids is 4. The van der Waals surface area contributed by atoms with Gasteiger partial charge < -0.3 is 14.6 Å². The number of nitrogens with zero attached hydrogens (tertiary/aromatic N) is 1. The number of aryl methyl sites for hydroxylation is 1. The molecule has 33 heavy (non-hydrogen) atoms. The van der Waals surface area contributed by atoms with Crippen molar-refractivity contribution < 1.29 is 33.8 Å². The number of hydrogen-bond acceptors (Lipinski definition) is 7. The monoisotopic (exact) mass is 449 g/mol. The number of esters is 2. The van der Waals surface area contributed by atoms with E-state index in [-0.39, 0.29) is 34.1 Å². The molecular weight excluding hydrogens is 426 g/mol. The lowest BCUT2D eigenvalue weighted by Crippen LogP contribution is -2.32. The Labute approximate surface area is 190 Å². The Morgan fingerprint density at radius 3 is 2.06 bits per heavy atom. The van der Waals surface area contributed by atoms with E-state index in [1.807, 2.05) is 19.1 Å². The molecule has 1 atom stereocenters. The van der Waals surface area contributed by atoms with E-state index in [1.54, 1.807) is 12.1 Å². The number of anilines is 1. The van der Waals surface area contributed by atoms with E-state index in [2.05, 4.69) is 0 Å². The molecule has 0 bridgehead atoms. The first-order chi connectivity index (χ1) is 15.8. The SMILES string of the molecule is COC(=O)c1cc(C(=O)OC)cc(N2C(=O)C(O)=C(C(=O)C3CC3)[C@H]2c2ccccc2C)c1. The van der Waals surface area contributed by atoms with Gasteiger partial charge in [0, 0.05) is 11.6 Å². The van der Waals surface area contributed by atoms with Gasteiger partial charge in [-0.1, -0.05) is 24.3 Å². The quantitative estimate of drug-likeness (QED) is 0.673. The molecule has 2 aliphatic rings. The van der Waals surface area contributed by atoms with Crippen molar-refractivity contribution in [2.24, 2.45) is 5.92 Å². The average molecular weight is 449 g/mol. The van der Waals surface area contributed by atoms with Crippen LogP contribution in [0.15, 0.2) is 53.8 Å². The van der Waals surface area contributed by atoms with Crippen LogP contribution in [0.4, 0.5) is 5.69 Å². The number of ketones is 1. The number of hydrogen-bond donors (Lipinski definition) is 1. The largest absolute Gasteiger partial charge is 0.503 e. The van der Waals surface area contributed by atoms with E-state index >= 15 is 0 Å². The minimum atomic E-state index is -0.912. The number of amides is 1. The highest BCUT2D eigenvalue weighted by Crippen LogP contribution is 2.46. The summed E-state index contributed by atoms with van der Waals surface area (Å²) in [5.74, 6) is -3.34. The zero-order valence-electron chi connectivity index (χ0n) is 18.5. The second-order valence-electron chi connectivity index (χ2n) is 8.09. The van der Waals surface area contributed by atoms with Crippen LogP contribution in [0.3, 0.4) is 0 Å². The maximum atomic E-state index is 13.3. The molecule has 170 valence electrons. The number of ether oxygens (including phenoxy) is 2. The van der Waals surface area contributed by atoms with Crippen LogP contribution in [0.5, 0.6) is 0 Å². The van der Waals surface area contributed by atoms with Crippen molar-refractivity contribution in [2.45, 2.75) is 25.8 Å². The van der Waals surface area contributed by atoms with Crippen LogP contribution in [0.25, 0.3) is 0 Å². The molecule has 0 radical (unpaired) electrons. The summed E-state index contributed by atoms with van der Waals surface area (Å²) in [6.45, 7) is 1.84. The Balaban J connectivity index is 1.93. The summed E-state index contributed by atoms with van der Waals surface area (Å²) in [6.07, 6.45) is 1.41. The van der Waals surface area contributed by atoms with E-state index in [0.29, 0.717) is 18.4 Å². The van der Waals surface area contributed by atoms with Crippen LogP contribution in [0.1, 0.15) is 50.7 Å². The highest BCUT2D eigenvalue weighted by Gasteiger charge is 2.48. The average Bonchev–Trinajstić information content (AvgIpc) is 3.64. The molecule has 2 aromatic carbocycles. The molecule has 4 rings (SSSR count). The molecule has 1 saturated carbocycles. The fraction of sp³-hybridized carbons (Fsp3) is 0.280. The topological polar surface area (TPSA) is 110 Å². The molecule has 0 spiro atoms. The second kappa shape index (κ2) is 8.54. The molecule has 1 aliphatic heterocycles. The highest BCUT2D eigenvalue weighted by atomic mass is 16.5. The van der Waals surface area contributed by atoms with Gasteiger partial charge in [-0.05, 0) is 49.1 Å². The summed E-state index contributed by atoms with van der Waals surface area (Å²) in [6, 6.07) is 10.4. The van der Waals surface area contributed by atoms with Crippen molar-refractivity contribution in [3.63, 3.8) is 0 Å². The van der Waals surface area contributed by atoms with Gasteiger partial charge in [-0.15, -0.1) is 0 Å². The van der Waals surface area contributed by atoms with Crippen molar-refractivity contribution in [3.8, 4) is 0 Å². The Hall–Kier alpha value is -3.94. The maximum absolute atomic E-state index is 13.3. The zero-order chi connectivity index (χ0) is 23.9. The number of methoxy groups -OCH3 is 2. The molecule has 8 heteroatoms. The second-order valence-corrected chi connectivity index (χ2v) is 8.09. The lowest BCUT2D eigenvalue weighted by molar-refractivity contribution is -0.118. The Morgan fingerprint density at radius 2 is 1.55 bits per heavy atom. The fourth-order valence-electron chi connectivity index (χ4n) is 4.10. The third-order valence-corrected chi connectivity index (χ3v) is 5.94. The molecule has 0 unspecified atom stereocenters. The van der Waals surface area contributed by atoms with Crippen LogP contribution >= 0.6 is 0 Å². The van der Waals surface area contributed by atoms with Gasteiger partial charge in [0.1, 0.15) is 0 Å². The van der Waals surface area contributed by atoms with Crippen LogP contribution in [0.2, 0.25) is 0 Å². The standard InChI is InChI=1S/C25H23NO7/c1-13-6-4-5-7-18(13)20-19(21(27)14-8-9-14)22(28)23(29)26(20)17-11-15(24(30)32-2)10-16(12-17)25(31)33-3/h4-7,10-12,14,20,28H,8-9H2,1-3H3/t20-/m1/s1. The van der Waals surface area contributed by atoms with E-state index in [4.69, 9.17) is 9.47 Å². The van der Waals surface area contributed by atoms with Crippen molar-refractivity contribution >= 4 is 29.3 Å². The van der Waals surface area contributed by atoms with Gasteiger partial charge in [-0.25, -0.2) is 9.59 Å². The summed E-state index contributed by atoms with van der Waals surface area (Å²) >= 11 is 0. The number of aliphatic hydroxyl groups excluding tert-OH is 1. The van der Waals surface area contributed by atoms with E-state index < -0.39 is 29.6 Å². The number of aliphatic hydroxyl groups is 1. The minimum absolute atomic E-state index is 0.0215. The molecule has 1 fully saturated rings. The van der Waals surface area contributed by atoms with E-state index in [0.717, 1.165) is 5.56 Å². The number of Topliss-reactive ketones (excluding diaryl/α,β-unsaturated/α-hetero) is 1. The summed E-state index contributed by atoms with van der Waals surface area (Å²) in [7, 11) is 2.40. The molecule has 0 aromatic heterocycles. The predicted octanol–water partition coefficient (Wildman–Crippen LogP) is 3.45. The molecule has 1 N–H and O–H groups in total. The third-order valence-electron chi connectivity index (χ3n) is 5.94. The van der Waals surface area contributed by atoms with E-state index in [9.17, 15) is 24.3 Å². The number of rotatable bonds is 6. The van der Waals surface area contributed by atoms with Crippen molar-refractivity contribution in [1.29, 1.82) is 0 Å². The predicted molar refractivity (Wildman–Crippen MR) is 118 cm³/mol.